The molecule has 0 aromatic heterocycles. The van der Waals surface area contributed by atoms with Crippen LogP contribution in [0.3, 0.4) is 0 Å². The second-order valence-electron chi connectivity index (χ2n) is 9.25. The van der Waals surface area contributed by atoms with Gasteiger partial charge in [0, 0.05) is 0 Å². The predicted octanol–water partition coefficient (Wildman–Crippen LogP) is -1.91. The largest absolute Gasteiger partial charge is 0.480 e. The smallest absolute Gasteiger partial charge is 0.323 e. The first-order valence-electron chi connectivity index (χ1n) is 10.0. The molecule has 14 heteroatoms. The Bertz CT molecular complexity index is 762. The van der Waals surface area contributed by atoms with Crippen LogP contribution in [0.4, 0.5) is 4.79 Å². The summed E-state index contributed by atoms with van der Waals surface area (Å²) < 4.78 is 5.13. The summed E-state index contributed by atoms with van der Waals surface area (Å²) in [5.74, 6) is -4.74. The number of amides is 5. The van der Waals surface area contributed by atoms with Crippen molar-refractivity contribution in [2.24, 2.45) is 22.3 Å². The number of carboxylic acid groups (broad SMARTS) is 1. The standard InChI is InChI=1S/C19H34N6O8/c1-18(2,3)9-19(4,5)16(31)33-8-10(20)14(29)24-25-15(30)11(6-12(21)26)23-17(32)22-7-13(27)28/h10-11H,6-9,20H2,1-5H3,(H2,21,26)(H,24,29)(H,25,30)(H,27,28)(H2,22,23,32). The molecule has 0 aromatic carbocycles. The first kappa shape index (κ1) is 29.6. The molecule has 0 fully saturated rings. The molecule has 33 heavy (non-hydrogen) atoms. The number of carbonyl (C=O) groups excluding carboxylic acids is 5. The Morgan fingerprint density at radius 1 is 0.970 bits per heavy atom. The first-order valence-corrected chi connectivity index (χ1v) is 10.0. The maximum absolute atomic E-state index is 12.3. The summed E-state index contributed by atoms with van der Waals surface area (Å²) in [5, 5.41) is 12.5. The maximum atomic E-state index is 12.3. The number of nitrogens with two attached hydrogens (primary N) is 2. The lowest BCUT2D eigenvalue weighted by Gasteiger charge is -2.30. The van der Waals surface area contributed by atoms with Gasteiger partial charge in [0.2, 0.25) is 5.91 Å². The average molecular weight is 475 g/mol. The van der Waals surface area contributed by atoms with E-state index in [4.69, 9.17) is 21.3 Å². The van der Waals surface area contributed by atoms with Crippen molar-refractivity contribution in [3.05, 3.63) is 0 Å². The first-order chi connectivity index (χ1) is 14.9. The van der Waals surface area contributed by atoms with E-state index in [1.165, 1.54) is 0 Å². The molecular formula is C19H34N6O8. The third-order valence-corrected chi connectivity index (χ3v) is 3.99. The summed E-state index contributed by atoms with van der Waals surface area (Å²) in [7, 11) is 0. The Morgan fingerprint density at radius 3 is 2.00 bits per heavy atom. The van der Waals surface area contributed by atoms with Crippen molar-refractivity contribution in [1.82, 2.24) is 21.5 Å². The summed E-state index contributed by atoms with van der Waals surface area (Å²) in [5.41, 5.74) is 13.7. The highest BCUT2D eigenvalue weighted by molar-refractivity contribution is 5.93. The van der Waals surface area contributed by atoms with Crippen LogP contribution in [-0.2, 0) is 28.7 Å². The molecule has 2 atom stereocenters. The minimum absolute atomic E-state index is 0.133. The monoisotopic (exact) mass is 474 g/mol. The van der Waals surface area contributed by atoms with E-state index in [2.05, 4.69) is 5.32 Å². The third kappa shape index (κ3) is 12.9. The van der Waals surface area contributed by atoms with E-state index >= 15 is 0 Å². The number of rotatable bonds is 11. The zero-order valence-electron chi connectivity index (χ0n) is 19.4. The fourth-order valence-electron chi connectivity index (χ4n) is 2.91. The molecule has 0 aromatic rings. The summed E-state index contributed by atoms with van der Waals surface area (Å²) in [6.45, 7) is 8.16. The summed E-state index contributed by atoms with van der Waals surface area (Å²) in [4.78, 5) is 69.8. The van der Waals surface area contributed by atoms with Crippen molar-refractivity contribution in [2.75, 3.05) is 13.2 Å². The van der Waals surface area contributed by atoms with E-state index < -0.39 is 72.8 Å². The summed E-state index contributed by atoms with van der Waals surface area (Å²) >= 11 is 0. The van der Waals surface area contributed by atoms with Gasteiger partial charge >= 0.3 is 18.0 Å². The number of urea groups is 1. The molecule has 0 bridgehead atoms. The fraction of sp³-hybridized carbons (Fsp3) is 0.684. The number of primary amides is 1. The number of aliphatic carboxylic acids is 1. The van der Waals surface area contributed by atoms with Gasteiger partial charge in [-0.25, -0.2) is 4.79 Å². The van der Waals surface area contributed by atoms with Crippen LogP contribution in [0, 0.1) is 10.8 Å². The topological polar surface area (TPSA) is 232 Å². The lowest BCUT2D eigenvalue weighted by Crippen LogP contribution is -2.57. The number of carboxylic acids is 1. The van der Waals surface area contributed by atoms with Crippen LogP contribution in [0.2, 0.25) is 0 Å². The fourth-order valence-corrected chi connectivity index (χ4v) is 2.91. The minimum atomic E-state index is -1.51. The van der Waals surface area contributed by atoms with E-state index in [9.17, 15) is 28.8 Å². The number of hydrazine groups is 1. The Kier molecular flexibility index (Phi) is 11.3. The van der Waals surface area contributed by atoms with Gasteiger partial charge < -0.3 is 31.9 Å². The molecule has 2 unspecified atom stereocenters. The van der Waals surface area contributed by atoms with Crippen molar-refractivity contribution >= 4 is 35.7 Å². The van der Waals surface area contributed by atoms with Crippen molar-refractivity contribution in [1.29, 1.82) is 0 Å². The van der Waals surface area contributed by atoms with Gasteiger partial charge in [0.05, 0.1) is 11.8 Å². The molecule has 0 heterocycles. The zero-order chi connectivity index (χ0) is 26.0. The molecule has 0 saturated carbocycles. The number of esters is 1. The van der Waals surface area contributed by atoms with Crippen LogP contribution < -0.4 is 33.0 Å². The number of hydrogen-bond acceptors (Lipinski definition) is 8. The van der Waals surface area contributed by atoms with E-state index in [0.717, 1.165) is 0 Å². The van der Waals surface area contributed by atoms with E-state index in [0.29, 0.717) is 6.42 Å². The second kappa shape index (κ2) is 12.6. The van der Waals surface area contributed by atoms with Gasteiger partial charge in [-0.05, 0) is 25.7 Å². The highest BCUT2D eigenvalue weighted by Gasteiger charge is 2.34. The van der Waals surface area contributed by atoms with Gasteiger partial charge in [-0.15, -0.1) is 0 Å². The van der Waals surface area contributed by atoms with Crippen molar-refractivity contribution in [3.8, 4) is 0 Å². The third-order valence-electron chi connectivity index (χ3n) is 3.99. The van der Waals surface area contributed by atoms with Gasteiger partial charge in [-0.1, -0.05) is 20.8 Å². The molecule has 0 aliphatic heterocycles. The van der Waals surface area contributed by atoms with Gasteiger partial charge in [0.15, 0.2) is 0 Å². The molecule has 5 amide bonds. The van der Waals surface area contributed by atoms with Gasteiger partial charge in [-0.3, -0.25) is 34.8 Å². The summed E-state index contributed by atoms with van der Waals surface area (Å²) in [6.07, 6.45) is -0.0979. The molecule has 9 N–H and O–H groups in total. The highest BCUT2D eigenvalue weighted by atomic mass is 16.5. The highest BCUT2D eigenvalue weighted by Crippen LogP contribution is 2.34. The van der Waals surface area contributed by atoms with Crippen molar-refractivity contribution in [2.45, 2.75) is 59.5 Å². The number of carbonyl (C=O) groups is 6. The van der Waals surface area contributed by atoms with Crippen molar-refractivity contribution in [3.63, 3.8) is 0 Å². The molecule has 0 spiro atoms. The van der Waals surface area contributed by atoms with E-state index in [-0.39, 0.29) is 5.41 Å². The SMILES string of the molecule is CC(C)(C)CC(C)(C)C(=O)OCC(N)C(=O)NNC(=O)C(CC(N)=O)NC(=O)NCC(=O)O. The van der Waals surface area contributed by atoms with Crippen LogP contribution in [-0.4, -0.2) is 66.0 Å². The Hall–Kier alpha value is -3.42. The average Bonchev–Trinajstić information content (AvgIpc) is 2.65. The maximum Gasteiger partial charge on any atom is 0.323 e. The molecule has 0 saturated heterocycles. The molecule has 0 rings (SSSR count). The Morgan fingerprint density at radius 2 is 1.52 bits per heavy atom. The predicted molar refractivity (Wildman–Crippen MR) is 115 cm³/mol. The zero-order valence-corrected chi connectivity index (χ0v) is 19.4. The minimum Gasteiger partial charge on any atom is -0.480 e. The number of nitrogens with one attached hydrogen (secondary N) is 4. The quantitative estimate of drug-likeness (QED) is 0.131. The van der Waals surface area contributed by atoms with Crippen LogP contribution in [0.25, 0.3) is 0 Å². The van der Waals surface area contributed by atoms with Crippen LogP contribution in [0.1, 0.15) is 47.5 Å². The van der Waals surface area contributed by atoms with E-state index in [1.54, 1.807) is 13.8 Å². The van der Waals surface area contributed by atoms with Gasteiger partial charge in [-0.2, -0.15) is 0 Å². The van der Waals surface area contributed by atoms with E-state index in [1.807, 2.05) is 36.9 Å². The van der Waals surface area contributed by atoms with Crippen molar-refractivity contribution < 1.29 is 38.6 Å². The Balaban J connectivity index is 4.76. The number of ether oxygens (including phenoxy) is 1. The van der Waals surface area contributed by atoms with Crippen LogP contribution in [0.5, 0.6) is 0 Å². The molecule has 188 valence electrons. The van der Waals surface area contributed by atoms with Gasteiger partial charge in [0.25, 0.3) is 11.8 Å². The summed E-state index contributed by atoms with van der Waals surface area (Å²) in [6, 6.07) is -3.88. The normalized spacial score (nSPS) is 13.2. The molecular weight excluding hydrogens is 440 g/mol. The van der Waals surface area contributed by atoms with Crippen LogP contribution >= 0.6 is 0 Å². The molecule has 0 aliphatic carbocycles. The lowest BCUT2D eigenvalue weighted by molar-refractivity contribution is -0.156. The molecule has 0 radical (unpaired) electrons. The van der Waals surface area contributed by atoms with Crippen LogP contribution in [0.15, 0.2) is 0 Å². The second-order valence-corrected chi connectivity index (χ2v) is 9.25. The molecule has 14 nitrogen and oxygen atoms in total. The molecule has 0 aliphatic rings. The van der Waals surface area contributed by atoms with Gasteiger partial charge in [0.1, 0.15) is 25.2 Å². The number of hydrogen-bond donors (Lipinski definition) is 7. The lowest BCUT2D eigenvalue weighted by atomic mass is 9.76. The Labute approximate surface area is 191 Å².